The molecule has 15 heavy (non-hydrogen) atoms. The molecule has 0 unspecified atom stereocenters. The predicted molar refractivity (Wildman–Crippen MR) is 62.8 cm³/mol. The molecule has 1 N–H and O–H groups in total. The van der Waals surface area contributed by atoms with E-state index in [1.165, 1.54) is 0 Å². The van der Waals surface area contributed by atoms with Gasteiger partial charge in [0.25, 0.3) is 0 Å². The summed E-state index contributed by atoms with van der Waals surface area (Å²) in [5.74, 6) is -0.658. The summed E-state index contributed by atoms with van der Waals surface area (Å²) < 4.78 is 12.8. The Morgan fingerprint density at radius 2 is 2.07 bits per heavy atom. The zero-order chi connectivity index (χ0) is 11.6. The van der Waals surface area contributed by atoms with Crippen LogP contribution in [0.4, 0.5) is 10.1 Å². The van der Waals surface area contributed by atoms with Crippen molar-refractivity contribution in [2.75, 3.05) is 5.32 Å². The molecule has 1 aromatic carbocycles. The summed E-state index contributed by atoms with van der Waals surface area (Å²) in [5.41, 5.74) is 0.729. The number of benzene rings is 1. The lowest BCUT2D eigenvalue weighted by molar-refractivity contribution is -0.117. The maximum absolute atomic E-state index is 13.5. The fourth-order valence-corrected chi connectivity index (χ4v) is 1.11. The van der Waals surface area contributed by atoms with E-state index in [1.54, 1.807) is 39.0 Å². The third kappa shape index (κ3) is 3.02. The summed E-state index contributed by atoms with van der Waals surface area (Å²) in [4.78, 5) is 11.6. The number of hydrogen-bond donors (Lipinski definition) is 1. The van der Waals surface area contributed by atoms with Crippen LogP contribution in [0.2, 0.25) is 0 Å². The minimum absolute atomic E-state index is 0.215. The van der Waals surface area contributed by atoms with E-state index in [0.29, 0.717) is 5.56 Å². The van der Waals surface area contributed by atoms with Crippen LogP contribution in [0.3, 0.4) is 0 Å². The minimum atomic E-state index is -0.705. The normalized spacial score (nSPS) is 11.3. The highest BCUT2D eigenvalue weighted by Crippen LogP contribution is 2.22. The molecule has 0 aliphatic rings. The predicted octanol–water partition coefficient (Wildman–Crippen LogP) is 3.25. The third-order valence-electron chi connectivity index (χ3n) is 1.98. The van der Waals surface area contributed by atoms with E-state index < -0.39 is 4.32 Å². The van der Waals surface area contributed by atoms with Gasteiger partial charge in [-0.05, 0) is 32.4 Å². The van der Waals surface area contributed by atoms with Crippen LogP contribution in [0.15, 0.2) is 18.2 Å². The zero-order valence-corrected chi connectivity index (χ0v) is 10.5. The van der Waals surface area contributed by atoms with Crippen molar-refractivity contribution in [1.82, 2.24) is 0 Å². The highest BCUT2D eigenvalue weighted by Gasteiger charge is 2.24. The van der Waals surface area contributed by atoms with Crippen LogP contribution in [0.5, 0.6) is 0 Å². The molecule has 1 aromatic rings. The summed E-state index contributed by atoms with van der Waals surface area (Å²) in [7, 11) is 0. The first-order chi connectivity index (χ1) is 6.82. The van der Waals surface area contributed by atoms with Gasteiger partial charge in [-0.2, -0.15) is 0 Å². The van der Waals surface area contributed by atoms with E-state index in [0.717, 1.165) is 0 Å². The molecule has 0 saturated carbocycles. The van der Waals surface area contributed by atoms with Crippen LogP contribution in [-0.4, -0.2) is 10.2 Å². The Labute approximate surface area is 97.0 Å². The molecule has 0 atom stereocenters. The van der Waals surface area contributed by atoms with Crippen LogP contribution < -0.4 is 5.32 Å². The molecule has 82 valence electrons. The first kappa shape index (κ1) is 12.2. The van der Waals surface area contributed by atoms with Gasteiger partial charge in [0.15, 0.2) is 0 Å². The molecule has 0 heterocycles. The lowest BCUT2D eigenvalue weighted by Gasteiger charge is -2.16. The Morgan fingerprint density at radius 1 is 1.47 bits per heavy atom. The number of hydrogen-bond acceptors (Lipinski definition) is 1. The van der Waals surface area contributed by atoms with Gasteiger partial charge in [-0.1, -0.05) is 28.1 Å². The van der Waals surface area contributed by atoms with Gasteiger partial charge in [0.1, 0.15) is 5.82 Å². The molecule has 1 amide bonds. The zero-order valence-electron chi connectivity index (χ0n) is 8.90. The van der Waals surface area contributed by atoms with Crippen LogP contribution in [0, 0.1) is 12.7 Å². The molecule has 0 aromatic heterocycles. The van der Waals surface area contributed by atoms with E-state index in [-0.39, 0.29) is 17.4 Å². The van der Waals surface area contributed by atoms with Gasteiger partial charge in [0, 0.05) is 0 Å². The number of carbonyl (C=O) groups excluding carboxylic acids is 1. The van der Waals surface area contributed by atoms with Crippen molar-refractivity contribution in [3.8, 4) is 0 Å². The molecule has 0 aliphatic carbocycles. The third-order valence-corrected chi connectivity index (χ3v) is 2.34. The van der Waals surface area contributed by atoms with Crippen molar-refractivity contribution in [2.24, 2.45) is 0 Å². The highest BCUT2D eigenvalue weighted by atomic mass is 79.9. The Hall–Kier alpha value is -0.900. The fourth-order valence-electron chi connectivity index (χ4n) is 1.01. The molecule has 0 fully saturated rings. The Balaban J connectivity index is 2.91. The Bertz CT molecular complexity index is 385. The van der Waals surface area contributed by atoms with Crippen LogP contribution >= 0.6 is 15.9 Å². The molecule has 0 bridgehead atoms. The molecule has 4 heteroatoms. The van der Waals surface area contributed by atoms with Crippen LogP contribution in [0.25, 0.3) is 0 Å². The van der Waals surface area contributed by atoms with Crippen molar-refractivity contribution in [2.45, 2.75) is 25.1 Å². The lowest BCUT2D eigenvalue weighted by Crippen LogP contribution is -2.31. The molecule has 0 saturated heterocycles. The monoisotopic (exact) mass is 273 g/mol. The number of alkyl halides is 1. The summed E-state index contributed by atoms with van der Waals surface area (Å²) in [6, 6.07) is 4.90. The van der Waals surface area contributed by atoms with Crippen molar-refractivity contribution in [3.05, 3.63) is 29.6 Å². The first-order valence-electron chi connectivity index (χ1n) is 4.58. The number of aryl methyl sites for hydroxylation is 1. The van der Waals surface area contributed by atoms with Gasteiger partial charge in [-0.25, -0.2) is 4.39 Å². The second kappa shape index (κ2) is 4.31. The number of amides is 1. The minimum Gasteiger partial charge on any atom is -0.322 e. The fraction of sp³-hybridized carbons (Fsp3) is 0.364. The topological polar surface area (TPSA) is 29.1 Å². The van der Waals surface area contributed by atoms with Gasteiger partial charge >= 0.3 is 0 Å². The van der Waals surface area contributed by atoms with Crippen molar-refractivity contribution in [3.63, 3.8) is 0 Å². The maximum atomic E-state index is 13.5. The van der Waals surface area contributed by atoms with E-state index in [4.69, 9.17) is 0 Å². The van der Waals surface area contributed by atoms with Crippen molar-refractivity contribution >= 4 is 27.5 Å². The average Bonchev–Trinajstić information content (AvgIpc) is 2.11. The van der Waals surface area contributed by atoms with E-state index in [9.17, 15) is 9.18 Å². The maximum Gasteiger partial charge on any atom is 0.240 e. The van der Waals surface area contributed by atoms with Gasteiger partial charge in [-0.3, -0.25) is 4.79 Å². The molecule has 0 spiro atoms. The molecule has 0 radical (unpaired) electrons. The van der Waals surface area contributed by atoms with Crippen LogP contribution in [-0.2, 0) is 4.79 Å². The number of carbonyl (C=O) groups is 1. The molecule has 0 aliphatic heterocycles. The van der Waals surface area contributed by atoms with E-state index in [1.807, 2.05) is 0 Å². The summed E-state index contributed by atoms with van der Waals surface area (Å²) >= 11 is 3.21. The van der Waals surface area contributed by atoms with Crippen molar-refractivity contribution in [1.29, 1.82) is 0 Å². The highest BCUT2D eigenvalue weighted by molar-refractivity contribution is 9.10. The number of nitrogens with one attached hydrogen (secondary N) is 1. The van der Waals surface area contributed by atoms with E-state index in [2.05, 4.69) is 21.2 Å². The lowest BCUT2D eigenvalue weighted by atomic mass is 10.1. The molecule has 2 nitrogen and oxygen atoms in total. The molecular weight excluding hydrogens is 261 g/mol. The Kier molecular flexibility index (Phi) is 3.50. The summed E-state index contributed by atoms with van der Waals surface area (Å²) in [6.07, 6.45) is 0. The quantitative estimate of drug-likeness (QED) is 0.824. The summed E-state index contributed by atoms with van der Waals surface area (Å²) in [5, 5.41) is 2.53. The SMILES string of the molecule is Cc1cccc(NC(=O)C(C)(C)Br)c1F. The van der Waals surface area contributed by atoms with Crippen molar-refractivity contribution < 1.29 is 9.18 Å². The first-order valence-corrected chi connectivity index (χ1v) is 5.37. The Morgan fingerprint density at radius 3 is 2.60 bits per heavy atom. The van der Waals surface area contributed by atoms with E-state index >= 15 is 0 Å². The van der Waals surface area contributed by atoms with Crippen LogP contribution in [0.1, 0.15) is 19.4 Å². The number of halogens is 2. The number of rotatable bonds is 2. The molecular formula is C11H13BrFNO. The van der Waals surface area contributed by atoms with Gasteiger partial charge in [0.05, 0.1) is 10.0 Å². The smallest absolute Gasteiger partial charge is 0.240 e. The van der Waals surface area contributed by atoms with Gasteiger partial charge in [0.2, 0.25) is 5.91 Å². The largest absolute Gasteiger partial charge is 0.322 e. The second-order valence-corrected chi connectivity index (χ2v) is 5.85. The standard InChI is InChI=1S/C11H13BrFNO/c1-7-5-4-6-8(9(7)13)14-10(15)11(2,3)12/h4-6H,1-3H3,(H,14,15). The van der Waals surface area contributed by atoms with Gasteiger partial charge < -0.3 is 5.32 Å². The summed E-state index contributed by atoms with van der Waals surface area (Å²) in [6.45, 7) is 5.07. The molecule has 1 rings (SSSR count). The second-order valence-electron chi connectivity index (χ2n) is 3.86. The average molecular weight is 274 g/mol. The van der Waals surface area contributed by atoms with Gasteiger partial charge in [-0.15, -0.1) is 0 Å². The number of anilines is 1.